The van der Waals surface area contributed by atoms with Crippen LogP contribution in [-0.2, 0) is 14.3 Å². The van der Waals surface area contributed by atoms with E-state index in [1.807, 2.05) is 13.8 Å². The molecule has 1 rings (SSSR count). The molecule has 104 valence electrons. The van der Waals surface area contributed by atoms with Crippen molar-refractivity contribution >= 4 is 11.6 Å². The zero-order valence-electron chi connectivity index (χ0n) is 11.9. The molecular formula is C14H25NO3. The molecule has 0 aromatic rings. The van der Waals surface area contributed by atoms with Crippen molar-refractivity contribution in [2.24, 2.45) is 11.8 Å². The van der Waals surface area contributed by atoms with Crippen LogP contribution in [0.5, 0.6) is 0 Å². The predicted octanol–water partition coefficient (Wildman–Crippen LogP) is 1.57. The molecule has 1 fully saturated rings. The van der Waals surface area contributed by atoms with Crippen molar-refractivity contribution in [3.05, 3.63) is 0 Å². The molecule has 0 amide bonds. The normalized spacial score (nSPS) is 27.2. The van der Waals surface area contributed by atoms with Crippen LogP contribution < -0.4 is 5.32 Å². The van der Waals surface area contributed by atoms with Crippen LogP contribution >= 0.6 is 0 Å². The number of hydrogen-bond acceptors (Lipinski definition) is 4. The maximum atomic E-state index is 12.0. The van der Waals surface area contributed by atoms with Crippen molar-refractivity contribution in [2.75, 3.05) is 13.2 Å². The van der Waals surface area contributed by atoms with E-state index in [0.29, 0.717) is 12.3 Å². The van der Waals surface area contributed by atoms with Gasteiger partial charge in [0.25, 0.3) is 0 Å². The van der Waals surface area contributed by atoms with E-state index in [2.05, 4.69) is 19.2 Å². The van der Waals surface area contributed by atoms with Gasteiger partial charge in [0.15, 0.2) is 5.78 Å². The summed E-state index contributed by atoms with van der Waals surface area (Å²) in [6.45, 7) is 8.52. The number of ether oxygens (including phenoxy) is 1. The van der Waals surface area contributed by atoms with Crippen LogP contribution in [0.3, 0.4) is 0 Å². The SMILES string of the molecule is CC(C)CC1CC(=O)CN[C@@H](C(C)C)C(=O)CO1. The largest absolute Gasteiger partial charge is 0.370 e. The summed E-state index contributed by atoms with van der Waals surface area (Å²) in [5, 5.41) is 3.06. The molecule has 1 unspecified atom stereocenters. The Morgan fingerprint density at radius 3 is 2.50 bits per heavy atom. The number of nitrogens with one attached hydrogen (secondary N) is 1. The summed E-state index contributed by atoms with van der Waals surface area (Å²) >= 11 is 0. The minimum atomic E-state index is -0.272. The monoisotopic (exact) mass is 255 g/mol. The molecule has 0 aromatic heterocycles. The highest BCUT2D eigenvalue weighted by Gasteiger charge is 2.27. The van der Waals surface area contributed by atoms with Crippen molar-refractivity contribution in [1.82, 2.24) is 5.32 Å². The van der Waals surface area contributed by atoms with Gasteiger partial charge in [0.1, 0.15) is 12.4 Å². The molecule has 2 atom stereocenters. The van der Waals surface area contributed by atoms with Crippen LogP contribution in [0.25, 0.3) is 0 Å². The van der Waals surface area contributed by atoms with Gasteiger partial charge in [-0.1, -0.05) is 27.7 Å². The molecular weight excluding hydrogens is 230 g/mol. The third-order valence-electron chi connectivity index (χ3n) is 3.18. The lowest BCUT2D eigenvalue weighted by atomic mass is 10.00. The number of rotatable bonds is 3. The van der Waals surface area contributed by atoms with Crippen molar-refractivity contribution in [2.45, 2.75) is 52.7 Å². The molecule has 1 aliphatic heterocycles. The summed E-state index contributed by atoms with van der Waals surface area (Å²) in [4.78, 5) is 23.8. The highest BCUT2D eigenvalue weighted by Crippen LogP contribution is 2.14. The average molecular weight is 255 g/mol. The lowest BCUT2D eigenvalue weighted by molar-refractivity contribution is -0.129. The van der Waals surface area contributed by atoms with E-state index >= 15 is 0 Å². The molecule has 0 bridgehead atoms. The van der Waals surface area contributed by atoms with Gasteiger partial charge < -0.3 is 10.1 Å². The van der Waals surface area contributed by atoms with Gasteiger partial charge in [0.05, 0.1) is 18.7 Å². The van der Waals surface area contributed by atoms with E-state index in [-0.39, 0.29) is 42.8 Å². The van der Waals surface area contributed by atoms with Crippen LogP contribution in [0.2, 0.25) is 0 Å². The molecule has 1 aliphatic rings. The van der Waals surface area contributed by atoms with Gasteiger partial charge in [-0.15, -0.1) is 0 Å². The highest BCUT2D eigenvalue weighted by atomic mass is 16.5. The van der Waals surface area contributed by atoms with E-state index in [1.165, 1.54) is 0 Å². The fraction of sp³-hybridized carbons (Fsp3) is 0.857. The van der Waals surface area contributed by atoms with Crippen LogP contribution in [0.1, 0.15) is 40.5 Å². The number of hydrogen-bond donors (Lipinski definition) is 1. The van der Waals surface area contributed by atoms with Gasteiger partial charge >= 0.3 is 0 Å². The lowest BCUT2D eigenvalue weighted by Gasteiger charge is -2.20. The maximum Gasteiger partial charge on any atom is 0.175 e. The van der Waals surface area contributed by atoms with E-state index in [9.17, 15) is 9.59 Å². The topological polar surface area (TPSA) is 55.4 Å². The summed E-state index contributed by atoms with van der Waals surface area (Å²) in [6.07, 6.45) is 1.11. The van der Waals surface area contributed by atoms with Crippen molar-refractivity contribution in [1.29, 1.82) is 0 Å². The summed E-state index contributed by atoms with van der Waals surface area (Å²) in [5.74, 6) is 0.817. The second-order valence-corrected chi connectivity index (χ2v) is 5.87. The van der Waals surface area contributed by atoms with E-state index < -0.39 is 0 Å². The summed E-state index contributed by atoms with van der Waals surface area (Å²) in [5.41, 5.74) is 0. The Labute approximate surface area is 109 Å². The molecule has 0 radical (unpaired) electrons. The molecule has 1 saturated heterocycles. The van der Waals surface area contributed by atoms with Crippen LogP contribution in [0.4, 0.5) is 0 Å². The minimum absolute atomic E-state index is 0.0495. The first kappa shape index (κ1) is 15.3. The zero-order valence-corrected chi connectivity index (χ0v) is 11.9. The Morgan fingerprint density at radius 1 is 1.28 bits per heavy atom. The first-order valence-electron chi connectivity index (χ1n) is 6.79. The summed E-state index contributed by atoms with van der Waals surface area (Å²) < 4.78 is 5.63. The first-order chi connectivity index (χ1) is 8.40. The number of carbonyl (C=O) groups excluding carboxylic acids is 2. The molecule has 4 nitrogen and oxygen atoms in total. The van der Waals surface area contributed by atoms with Crippen LogP contribution in [0, 0.1) is 11.8 Å². The van der Waals surface area contributed by atoms with Gasteiger partial charge in [0.2, 0.25) is 0 Å². The number of Topliss-reactive ketones (excluding diaryl/α,β-unsaturated/α-hetero) is 2. The Hall–Kier alpha value is -0.740. The molecule has 0 aromatic carbocycles. The van der Waals surface area contributed by atoms with Gasteiger partial charge in [-0.2, -0.15) is 0 Å². The Morgan fingerprint density at radius 2 is 1.94 bits per heavy atom. The molecule has 18 heavy (non-hydrogen) atoms. The number of carbonyl (C=O) groups is 2. The smallest absolute Gasteiger partial charge is 0.175 e. The zero-order chi connectivity index (χ0) is 13.7. The fourth-order valence-corrected chi connectivity index (χ4v) is 2.30. The molecule has 1 heterocycles. The van der Waals surface area contributed by atoms with E-state index in [0.717, 1.165) is 6.42 Å². The van der Waals surface area contributed by atoms with E-state index in [4.69, 9.17) is 4.74 Å². The summed E-state index contributed by atoms with van der Waals surface area (Å²) in [6, 6.07) is -0.272. The maximum absolute atomic E-state index is 12.0. The molecule has 0 aliphatic carbocycles. The van der Waals surface area contributed by atoms with Crippen molar-refractivity contribution < 1.29 is 14.3 Å². The second-order valence-electron chi connectivity index (χ2n) is 5.87. The fourth-order valence-electron chi connectivity index (χ4n) is 2.30. The number of ketones is 2. The Balaban J connectivity index is 2.68. The van der Waals surface area contributed by atoms with Crippen molar-refractivity contribution in [3.63, 3.8) is 0 Å². The van der Waals surface area contributed by atoms with Crippen molar-refractivity contribution in [3.8, 4) is 0 Å². The van der Waals surface area contributed by atoms with Gasteiger partial charge in [-0.25, -0.2) is 0 Å². The Bertz CT molecular complexity index is 299. The predicted molar refractivity (Wildman–Crippen MR) is 70.5 cm³/mol. The minimum Gasteiger partial charge on any atom is -0.370 e. The molecule has 0 spiro atoms. The molecule has 0 saturated carbocycles. The van der Waals surface area contributed by atoms with Gasteiger partial charge in [-0.3, -0.25) is 9.59 Å². The average Bonchev–Trinajstić information content (AvgIpc) is 2.29. The standard InChI is InChI=1S/C14H25NO3/c1-9(2)5-12-6-11(16)7-15-14(10(3)4)13(17)8-18-12/h9-10,12,14-15H,5-8H2,1-4H3/t12?,14-/m0/s1. The second kappa shape index (κ2) is 7.00. The quantitative estimate of drug-likeness (QED) is 0.832. The third-order valence-corrected chi connectivity index (χ3v) is 3.18. The molecule has 1 N–H and O–H groups in total. The van der Waals surface area contributed by atoms with E-state index in [1.54, 1.807) is 0 Å². The highest BCUT2D eigenvalue weighted by molar-refractivity contribution is 5.87. The van der Waals surface area contributed by atoms with Gasteiger partial charge in [-0.05, 0) is 18.3 Å². The third kappa shape index (κ3) is 4.86. The lowest BCUT2D eigenvalue weighted by Crippen LogP contribution is -2.44. The Kier molecular flexibility index (Phi) is 5.96. The molecule has 4 heteroatoms. The van der Waals surface area contributed by atoms with Crippen LogP contribution in [-0.4, -0.2) is 36.9 Å². The van der Waals surface area contributed by atoms with Crippen LogP contribution in [0.15, 0.2) is 0 Å². The van der Waals surface area contributed by atoms with Gasteiger partial charge in [0, 0.05) is 6.42 Å². The first-order valence-corrected chi connectivity index (χ1v) is 6.79. The summed E-state index contributed by atoms with van der Waals surface area (Å²) in [7, 11) is 0.